The third-order valence-electron chi connectivity index (χ3n) is 3.42. The van der Waals surface area contributed by atoms with Gasteiger partial charge in [0.2, 0.25) is 12.3 Å². The molecule has 2 aromatic rings. The van der Waals surface area contributed by atoms with E-state index in [1.165, 1.54) is 0 Å². The van der Waals surface area contributed by atoms with E-state index in [2.05, 4.69) is 0 Å². The van der Waals surface area contributed by atoms with Crippen molar-refractivity contribution in [2.45, 2.75) is 26.8 Å². The maximum Gasteiger partial charge on any atom is 0.206 e. The van der Waals surface area contributed by atoms with Crippen molar-refractivity contribution in [3.8, 4) is 5.75 Å². The first-order chi connectivity index (χ1) is 9.60. The fraction of sp³-hybridized carbons (Fsp3) is 0.294. The predicted octanol–water partition coefficient (Wildman–Crippen LogP) is 2.41. The minimum Gasteiger partial charge on any atom is -0.497 e. The third-order valence-corrected chi connectivity index (χ3v) is 3.42. The molecule has 20 heavy (non-hydrogen) atoms. The van der Waals surface area contributed by atoms with Crippen molar-refractivity contribution in [2.24, 2.45) is 0 Å². The zero-order valence-corrected chi connectivity index (χ0v) is 12.2. The molecular weight excluding hydrogens is 250 g/mol. The number of hydrogen-bond acceptors (Lipinski definition) is 2. The second kappa shape index (κ2) is 6.33. The lowest BCUT2D eigenvalue weighted by atomic mass is 9.97. The lowest BCUT2D eigenvalue weighted by Crippen LogP contribution is -2.37. The monoisotopic (exact) mass is 270 g/mol. The topological polar surface area (TPSA) is 30.2 Å². The van der Waals surface area contributed by atoms with Gasteiger partial charge in [0.1, 0.15) is 5.75 Å². The maximum absolute atomic E-state index is 12.2. The molecule has 0 bridgehead atoms. The van der Waals surface area contributed by atoms with Crippen LogP contribution >= 0.6 is 0 Å². The van der Waals surface area contributed by atoms with E-state index in [1.807, 2.05) is 61.1 Å². The second-order valence-corrected chi connectivity index (χ2v) is 5.00. The standard InChI is InChI=1S/C17H20NO2/c1-13-9-16(20-3)10-14(2)17(13)11-15(19)12-18-7-5-4-6-8-18/h4-10H,11-12H2,1-3H3/q+1. The van der Waals surface area contributed by atoms with Crippen LogP contribution in [0, 0.1) is 13.8 Å². The number of ketones is 1. The van der Waals surface area contributed by atoms with Crippen molar-refractivity contribution in [1.82, 2.24) is 0 Å². The molecule has 0 unspecified atom stereocenters. The Labute approximate surface area is 119 Å². The summed E-state index contributed by atoms with van der Waals surface area (Å²) in [6, 6.07) is 9.75. The molecule has 0 amide bonds. The van der Waals surface area contributed by atoms with E-state index in [9.17, 15) is 4.79 Å². The van der Waals surface area contributed by atoms with Crippen molar-refractivity contribution in [2.75, 3.05) is 7.11 Å². The Morgan fingerprint density at radius 1 is 1.10 bits per heavy atom. The molecule has 0 radical (unpaired) electrons. The van der Waals surface area contributed by atoms with E-state index in [1.54, 1.807) is 7.11 Å². The Kier molecular flexibility index (Phi) is 4.51. The van der Waals surface area contributed by atoms with Crippen LogP contribution < -0.4 is 9.30 Å². The molecule has 0 aliphatic heterocycles. The van der Waals surface area contributed by atoms with Crippen molar-refractivity contribution in [3.05, 3.63) is 59.4 Å². The number of Topliss-reactive ketones (excluding diaryl/α,β-unsaturated/α-hetero) is 1. The van der Waals surface area contributed by atoms with Gasteiger partial charge in [0.05, 0.1) is 7.11 Å². The Bertz CT molecular complexity index is 583. The Morgan fingerprint density at radius 2 is 1.70 bits per heavy atom. The number of ether oxygens (including phenoxy) is 1. The number of carbonyl (C=O) groups is 1. The molecule has 0 saturated heterocycles. The second-order valence-electron chi connectivity index (χ2n) is 5.00. The van der Waals surface area contributed by atoms with E-state index < -0.39 is 0 Å². The zero-order chi connectivity index (χ0) is 14.5. The minimum absolute atomic E-state index is 0.206. The summed E-state index contributed by atoms with van der Waals surface area (Å²) >= 11 is 0. The van der Waals surface area contributed by atoms with Crippen molar-refractivity contribution >= 4 is 5.78 Å². The van der Waals surface area contributed by atoms with Gasteiger partial charge in [-0.15, -0.1) is 0 Å². The summed E-state index contributed by atoms with van der Waals surface area (Å²) in [6.07, 6.45) is 4.28. The maximum atomic E-state index is 12.2. The Balaban J connectivity index is 2.12. The van der Waals surface area contributed by atoms with Crippen molar-refractivity contribution < 1.29 is 14.1 Å². The summed E-state index contributed by atoms with van der Waals surface area (Å²) in [5.41, 5.74) is 3.31. The number of aryl methyl sites for hydroxylation is 2. The van der Waals surface area contributed by atoms with Crippen LogP contribution in [0.25, 0.3) is 0 Å². The molecule has 1 heterocycles. The van der Waals surface area contributed by atoms with Gasteiger partial charge in [-0.25, -0.2) is 0 Å². The minimum atomic E-state index is 0.206. The van der Waals surface area contributed by atoms with Crippen molar-refractivity contribution in [1.29, 1.82) is 0 Å². The number of aromatic nitrogens is 1. The summed E-state index contributed by atoms with van der Waals surface area (Å²) in [6.45, 7) is 4.45. The molecule has 104 valence electrons. The molecule has 0 atom stereocenters. The number of hydrogen-bond donors (Lipinski definition) is 0. The molecule has 0 aliphatic carbocycles. The SMILES string of the molecule is COc1cc(C)c(CC(=O)C[n+]2ccccc2)c(C)c1. The van der Waals surface area contributed by atoms with Gasteiger partial charge >= 0.3 is 0 Å². The lowest BCUT2D eigenvalue weighted by molar-refractivity contribution is -0.684. The largest absolute Gasteiger partial charge is 0.497 e. The van der Waals surface area contributed by atoms with Gasteiger partial charge in [-0.3, -0.25) is 4.79 Å². The predicted molar refractivity (Wildman–Crippen MR) is 77.8 cm³/mol. The summed E-state index contributed by atoms with van der Waals surface area (Å²) in [4.78, 5) is 12.2. The normalized spacial score (nSPS) is 10.3. The number of carbonyl (C=O) groups excluding carboxylic acids is 1. The van der Waals surface area contributed by atoms with Gasteiger partial charge < -0.3 is 4.74 Å². The molecule has 3 nitrogen and oxygen atoms in total. The van der Waals surface area contributed by atoms with Gasteiger partial charge in [-0.2, -0.15) is 4.57 Å². The summed E-state index contributed by atoms with van der Waals surface area (Å²) in [5.74, 6) is 1.05. The first-order valence-corrected chi connectivity index (χ1v) is 6.70. The molecule has 1 aromatic carbocycles. The highest BCUT2D eigenvalue weighted by molar-refractivity contribution is 5.80. The first kappa shape index (κ1) is 14.3. The summed E-state index contributed by atoms with van der Waals surface area (Å²) < 4.78 is 7.14. The smallest absolute Gasteiger partial charge is 0.206 e. The molecule has 0 saturated carbocycles. The van der Waals surface area contributed by atoms with E-state index in [0.717, 1.165) is 22.4 Å². The van der Waals surface area contributed by atoms with Crippen LogP contribution in [0.5, 0.6) is 5.75 Å². The molecular formula is C17H20NO2+. The van der Waals surface area contributed by atoms with E-state index in [-0.39, 0.29) is 5.78 Å². The van der Waals surface area contributed by atoms with E-state index >= 15 is 0 Å². The Morgan fingerprint density at radius 3 is 2.25 bits per heavy atom. The van der Waals surface area contributed by atoms with Crippen molar-refractivity contribution in [3.63, 3.8) is 0 Å². The van der Waals surface area contributed by atoms with Gasteiger partial charge in [0.15, 0.2) is 12.4 Å². The van der Waals surface area contributed by atoms with Gasteiger partial charge in [-0.05, 0) is 42.7 Å². The molecule has 0 aliphatic rings. The van der Waals surface area contributed by atoms with E-state index in [0.29, 0.717) is 13.0 Å². The fourth-order valence-corrected chi connectivity index (χ4v) is 2.35. The summed E-state index contributed by atoms with van der Waals surface area (Å²) in [5, 5.41) is 0. The number of nitrogens with zero attached hydrogens (tertiary/aromatic N) is 1. The van der Waals surface area contributed by atoms with Crippen LogP contribution in [0.1, 0.15) is 16.7 Å². The average molecular weight is 270 g/mol. The first-order valence-electron chi connectivity index (χ1n) is 6.70. The number of benzene rings is 1. The third kappa shape index (κ3) is 3.44. The fourth-order valence-electron chi connectivity index (χ4n) is 2.35. The van der Waals surface area contributed by atoms with Crippen LogP contribution in [0.15, 0.2) is 42.7 Å². The van der Waals surface area contributed by atoms with Gasteiger partial charge in [-0.1, -0.05) is 6.07 Å². The highest BCUT2D eigenvalue weighted by Crippen LogP contribution is 2.22. The Hall–Kier alpha value is -2.16. The number of pyridine rings is 1. The van der Waals surface area contributed by atoms with Crippen LogP contribution in [0.2, 0.25) is 0 Å². The van der Waals surface area contributed by atoms with Crippen LogP contribution in [-0.4, -0.2) is 12.9 Å². The summed E-state index contributed by atoms with van der Waals surface area (Å²) in [7, 11) is 1.66. The van der Waals surface area contributed by atoms with E-state index in [4.69, 9.17) is 4.74 Å². The van der Waals surface area contributed by atoms with Gasteiger partial charge in [0.25, 0.3) is 0 Å². The van der Waals surface area contributed by atoms with Crippen LogP contribution in [0.4, 0.5) is 0 Å². The zero-order valence-electron chi connectivity index (χ0n) is 12.2. The highest BCUT2D eigenvalue weighted by atomic mass is 16.5. The number of methoxy groups -OCH3 is 1. The molecule has 1 aromatic heterocycles. The number of rotatable bonds is 5. The van der Waals surface area contributed by atoms with Gasteiger partial charge in [0, 0.05) is 18.6 Å². The molecule has 3 heteroatoms. The molecule has 0 N–H and O–H groups in total. The van der Waals surface area contributed by atoms with Crippen LogP contribution in [-0.2, 0) is 17.8 Å². The van der Waals surface area contributed by atoms with Crippen LogP contribution in [0.3, 0.4) is 0 Å². The molecule has 2 rings (SSSR count). The lowest BCUT2D eigenvalue weighted by Gasteiger charge is -2.11. The average Bonchev–Trinajstić information content (AvgIpc) is 2.43. The highest BCUT2D eigenvalue weighted by Gasteiger charge is 2.14. The molecule has 0 fully saturated rings. The molecule has 0 spiro atoms. The quantitative estimate of drug-likeness (QED) is 0.781.